The number of benzene rings is 1. The van der Waals surface area contributed by atoms with Gasteiger partial charge in [-0.25, -0.2) is 0 Å². The number of hydrogen-bond donors (Lipinski definition) is 1. The Bertz CT molecular complexity index is 804. The molecule has 0 aliphatic heterocycles. The molecule has 0 bridgehead atoms. The second kappa shape index (κ2) is 26.4. The van der Waals surface area contributed by atoms with Crippen molar-refractivity contribution in [2.45, 2.75) is 0 Å². The Kier molecular flexibility index (Phi) is 23.5. The normalized spacial score (nSPS) is 11.1. The monoisotopic (exact) mass is 593 g/mol. The van der Waals surface area contributed by atoms with E-state index in [1.54, 1.807) is 7.11 Å². The van der Waals surface area contributed by atoms with E-state index in [0.29, 0.717) is 112 Å². The van der Waals surface area contributed by atoms with Crippen molar-refractivity contribution in [3.8, 4) is 0 Å². The van der Waals surface area contributed by atoms with E-state index in [1.807, 2.05) is 0 Å². The number of nitrogens with one attached hydrogen (secondary N) is 1. The van der Waals surface area contributed by atoms with E-state index in [1.165, 1.54) is 12.1 Å². The zero-order chi connectivity index (χ0) is 29.8. The van der Waals surface area contributed by atoms with Crippen molar-refractivity contribution in [1.82, 2.24) is 0 Å². The minimum atomic E-state index is -0.681. The minimum Gasteiger partial charge on any atom is -0.382 e. The molecule has 1 aromatic rings. The Morgan fingerprint density at radius 3 is 1.27 bits per heavy atom. The predicted octanol–water partition coefficient (Wildman–Crippen LogP) is 1.69. The van der Waals surface area contributed by atoms with Gasteiger partial charge in [0.05, 0.1) is 128 Å². The Morgan fingerprint density at radius 2 is 0.927 bits per heavy atom. The van der Waals surface area contributed by atoms with Gasteiger partial charge in [-0.2, -0.15) is 0 Å². The van der Waals surface area contributed by atoms with E-state index in [0.717, 1.165) is 6.07 Å². The first-order valence-corrected chi connectivity index (χ1v) is 13.3. The molecular formula is C25H43N3O13. The summed E-state index contributed by atoms with van der Waals surface area (Å²) in [6, 6.07) is 3.43. The molecule has 1 aromatic carbocycles. The molecule has 0 saturated heterocycles. The summed E-state index contributed by atoms with van der Waals surface area (Å²) in [4.78, 5) is 20.5. The number of hydrogen-bond acceptors (Lipinski definition) is 14. The van der Waals surface area contributed by atoms with E-state index < -0.39 is 9.85 Å². The van der Waals surface area contributed by atoms with Crippen molar-refractivity contribution in [3.05, 3.63) is 38.4 Å². The van der Waals surface area contributed by atoms with Crippen LogP contribution in [0.3, 0.4) is 0 Å². The third kappa shape index (κ3) is 20.9. The number of rotatable bonds is 30. The van der Waals surface area contributed by atoms with Crippen LogP contribution in [-0.2, 0) is 42.6 Å². The number of nitrogens with zero attached hydrogens (tertiary/aromatic N) is 2. The minimum absolute atomic E-state index is 0.188. The van der Waals surface area contributed by atoms with E-state index >= 15 is 0 Å². The van der Waals surface area contributed by atoms with Crippen LogP contribution >= 0.6 is 0 Å². The van der Waals surface area contributed by atoms with Crippen LogP contribution in [0.15, 0.2) is 18.2 Å². The topological polar surface area (TPSA) is 181 Å². The summed E-state index contributed by atoms with van der Waals surface area (Å²) in [6.45, 7) is 8.17. The Hall–Kier alpha value is -2.54. The quantitative estimate of drug-likeness (QED) is 0.0773. The van der Waals surface area contributed by atoms with Gasteiger partial charge >= 0.3 is 0 Å². The van der Waals surface area contributed by atoms with Gasteiger partial charge in [0.25, 0.3) is 11.4 Å². The molecule has 41 heavy (non-hydrogen) atoms. The third-order valence-electron chi connectivity index (χ3n) is 4.99. The molecule has 16 heteroatoms. The molecule has 0 aliphatic carbocycles. The number of nitro groups is 2. The Labute approximate surface area is 239 Å². The summed E-state index contributed by atoms with van der Waals surface area (Å²) in [6.07, 6.45) is 0. The molecule has 0 saturated carbocycles. The largest absolute Gasteiger partial charge is 0.382 e. The lowest BCUT2D eigenvalue weighted by Gasteiger charge is -2.09. The van der Waals surface area contributed by atoms with Gasteiger partial charge in [0.15, 0.2) is 0 Å². The van der Waals surface area contributed by atoms with Gasteiger partial charge < -0.3 is 47.9 Å². The fourth-order valence-corrected chi connectivity index (χ4v) is 2.98. The van der Waals surface area contributed by atoms with Crippen molar-refractivity contribution in [3.63, 3.8) is 0 Å². The maximum absolute atomic E-state index is 11.1. The lowest BCUT2D eigenvalue weighted by molar-refractivity contribution is -0.393. The Morgan fingerprint density at radius 1 is 0.561 bits per heavy atom. The maximum atomic E-state index is 11.1. The lowest BCUT2D eigenvalue weighted by Crippen LogP contribution is -2.15. The summed E-state index contributed by atoms with van der Waals surface area (Å²) in [5.41, 5.74) is -0.518. The standard InChI is InChI=1S/C25H43N3O13/c1-33-6-7-35-10-11-37-14-15-39-18-19-41-21-20-40-17-16-38-13-12-36-9-8-34-5-4-26-24-3-2-23(27(29)30)22-25(24)28(31)32/h2-3,22,26H,4-21H2,1H3. The summed E-state index contributed by atoms with van der Waals surface area (Å²) >= 11 is 0. The first-order chi connectivity index (χ1) is 20.1. The number of anilines is 1. The maximum Gasteiger partial charge on any atom is 0.299 e. The molecule has 1 N–H and O–H groups in total. The molecule has 0 fully saturated rings. The average Bonchev–Trinajstić information content (AvgIpc) is 2.96. The predicted molar refractivity (Wildman–Crippen MR) is 147 cm³/mol. The van der Waals surface area contributed by atoms with Crippen LogP contribution < -0.4 is 5.32 Å². The first kappa shape index (κ1) is 36.5. The number of non-ortho nitro benzene ring substituents is 1. The van der Waals surface area contributed by atoms with Crippen molar-refractivity contribution < 1.29 is 52.5 Å². The van der Waals surface area contributed by atoms with E-state index in [9.17, 15) is 20.2 Å². The number of nitro benzene ring substituents is 2. The average molecular weight is 594 g/mol. The van der Waals surface area contributed by atoms with Crippen molar-refractivity contribution in [1.29, 1.82) is 0 Å². The zero-order valence-corrected chi connectivity index (χ0v) is 23.7. The highest BCUT2D eigenvalue weighted by atomic mass is 16.6. The molecule has 0 heterocycles. The Balaban J connectivity index is 1.79. The van der Waals surface area contributed by atoms with E-state index in [-0.39, 0.29) is 23.7 Å². The molecule has 1 rings (SSSR count). The highest BCUT2D eigenvalue weighted by Crippen LogP contribution is 2.28. The van der Waals surface area contributed by atoms with Gasteiger partial charge in [-0.15, -0.1) is 0 Å². The fourth-order valence-electron chi connectivity index (χ4n) is 2.98. The van der Waals surface area contributed by atoms with Crippen LogP contribution in [0.5, 0.6) is 0 Å². The number of methoxy groups -OCH3 is 1. The third-order valence-corrected chi connectivity index (χ3v) is 4.99. The van der Waals surface area contributed by atoms with E-state index in [2.05, 4.69) is 5.32 Å². The molecule has 0 unspecified atom stereocenters. The molecule has 236 valence electrons. The summed E-state index contributed by atoms with van der Waals surface area (Å²) in [5.74, 6) is 0. The molecule has 0 radical (unpaired) electrons. The van der Waals surface area contributed by atoms with Crippen LogP contribution in [0, 0.1) is 20.2 Å². The summed E-state index contributed by atoms with van der Waals surface area (Å²) in [5, 5.41) is 24.7. The van der Waals surface area contributed by atoms with Crippen LogP contribution in [-0.4, -0.2) is 136 Å². The second-order valence-corrected chi connectivity index (χ2v) is 8.03. The molecule has 0 spiro atoms. The fraction of sp³-hybridized carbons (Fsp3) is 0.760. The van der Waals surface area contributed by atoms with Gasteiger partial charge in [-0.05, 0) is 6.07 Å². The van der Waals surface area contributed by atoms with Crippen LogP contribution in [0.25, 0.3) is 0 Å². The smallest absolute Gasteiger partial charge is 0.299 e. The summed E-state index contributed by atoms with van der Waals surface area (Å²) in [7, 11) is 1.63. The van der Waals surface area contributed by atoms with Crippen LogP contribution in [0.4, 0.5) is 17.1 Å². The molecule has 16 nitrogen and oxygen atoms in total. The van der Waals surface area contributed by atoms with Gasteiger partial charge in [-0.3, -0.25) is 20.2 Å². The zero-order valence-electron chi connectivity index (χ0n) is 23.7. The number of ether oxygens (including phenoxy) is 9. The van der Waals surface area contributed by atoms with Crippen molar-refractivity contribution in [2.24, 2.45) is 0 Å². The SMILES string of the molecule is COCCOCCOCCOCCOCCOCCOCCOCCOCCNc1ccc([N+](=O)[O-])cc1[N+](=O)[O-]. The molecular weight excluding hydrogens is 550 g/mol. The van der Waals surface area contributed by atoms with Gasteiger partial charge in [0, 0.05) is 19.7 Å². The van der Waals surface area contributed by atoms with E-state index in [4.69, 9.17) is 42.6 Å². The molecule has 0 amide bonds. The van der Waals surface area contributed by atoms with Gasteiger partial charge in [-0.1, -0.05) is 0 Å². The van der Waals surface area contributed by atoms with Crippen molar-refractivity contribution in [2.75, 3.05) is 131 Å². The van der Waals surface area contributed by atoms with Crippen LogP contribution in [0.2, 0.25) is 0 Å². The van der Waals surface area contributed by atoms with Crippen molar-refractivity contribution >= 4 is 17.1 Å². The van der Waals surface area contributed by atoms with Gasteiger partial charge in [0.2, 0.25) is 0 Å². The molecule has 0 aromatic heterocycles. The highest BCUT2D eigenvalue weighted by molar-refractivity contribution is 5.65. The van der Waals surface area contributed by atoms with Gasteiger partial charge in [0.1, 0.15) is 5.69 Å². The molecule has 0 atom stereocenters. The summed E-state index contributed by atoms with van der Waals surface area (Å²) < 4.78 is 48.0. The lowest BCUT2D eigenvalue weighted by atomic mass is 10.2. The van der Waals surface area contributed by atoms with Crippen LogP contribution in [0.1, 0.15) is 0 Å². The molecule has 0 aliphatic rings. The highest BCUT2D eigenvalue weighted by Gasteiger charge is 2.18. The first-order valence-electron chi connectivity index (χ1n) is 13.3. The second-order valence-electron chi connectivity index (χ2n) is 8.03.